The Morgan fingerprint density at radius 2 is 2.05 bits per heavy atom. The number of carbonyl (C=O) groups excluding carboxylic acids is 1. The molecule has 2 aliphatic heterocycles. The van der Waals surface area contributed by atoms with Gasteiger partial charge in [0.25, 0.3) is 5.91 Å². The van der Waals surface area contributed by atoms with E-state index >= 15 is 0 Å². The van der Waals surface area contributed by atoms with Gasteiger partial charge in [0, 0.05) is 25.2 Å². The Morgan fingerprint density at radius 1 is 1.33 bits per heavy atom. The van der Waals surface area contributed by atoms with Crippen molar-refractivity contribution in [3.8, 4) is 0 Å². The average molecular weight is 310 g/mol. The van der Waals surface area contributed by atoms with Gasteiger partial charge in [-0.3, -0.25) is 4.79 Å². The summed E-state index contributed by atoms with van der Waals surface area (Å²) in [5, 5.41) is 0.830. The minimum absolute atomic E-state index is 0.0204. The summed E-state index contributed by atoms with van der Waals surface area (Å²) in [5.74, 6) is 0.376. The molecule has 1 amide bonds. The number of hydrogen-bond donors (Lipinski definition) is 1. The number of hydrogen-bond acceptors (Lipinski definition) is 6. The van der Waals surface area contributed by atoms with Gasteiger partial charge in [-0.15, -0.1) is 0 Å². The highest BCUT2D eigenvalue weighted by Crippen LogP contribution is 2.35. The standard InChI is InChI=1S/C14H22N4O2S/c1-14(2)4-3-5-18(14)12(19)10-11(15)16-13(21-10)17-6-8-20-9-7-17/h3-9,15H2,1-2H3. The predicted octanol–water partition coefficient (Wildman–Crippen LogP) is 1.58. The van der Waals surface area contributed by atoms with Gasteiger partial charge in [0.05, 0.1) is 13.2 Å². The van der Waals surface area contributed by atoms with Crippen LogP contribution in [-0.2, 0) is 4.74 Å². The molecule has 0 aromatic carbocycles. The lowest BCUT2D eigenvalue weighted by Gasteiger charge is -2.31. The van der Waals surface area contributed by atoms with Crippen LogP contribution in [0, 0.1) is 0 Å². The number of nitrogens with two attached hydrogens (primary N) is 1. The fourth-order valence-electron chi connectivity index (χ4n) is 2.97. The van der Waals surface area contributed by atoms with Gasteiger partial charge in [-0.25, -0.2) is 4.98 Å². The number of anilines is 2. The first-order valence-corrected chi connectivity index (χ1v) is 8.22. The van der Waals surface area contributed by atoms with Crippen LogP contribution in [0.15, 0.2) is 0 Å². The van der Waals surface area contributed by atoms with Gasteiger partial charge >= 0.3 is 0 Å². The number of nitrogens with zero attached hydrogens (tertiary/aromatic N) is 3. The zero-order chi connectivity index (χ0) is 15.0. The number of morpholine rings is 1. The lowest BCUT2D eigenvalue weighted by atomic mass is 10.0. The molecule has 0 atom stereocenters. The third kappa shape index (κ3) is 2.72. The Kier molecular flexibility index (Phi) is 3.79. The van der Waals surface area contributed by atoms with Gasteiger partial charge in [0.15, 0.2) is 5.13 Å². The fraction of sp³-hybridized carbons (Fsp3) is 0.714. The Morgan fingerprint density at radius 3 is 2.67 bits per heavy atom. The van der Waals surface area contributed by atoms with Gasteiger partial charge in [-0.1, -0.05) is 11.3 Å². The highest BCUT2D eigenvalue weighted by atomic mass is 32.1. The molecule has 0 aliphatic carbocycles. The number of aromatic nitrogens is 1. The van der Waals surface area contributed by atoms with E-state index in [1.165, 1.54) is 11.3 Å². The summed E-state index contributed by atoms with van der Waals surface area (Å²) >= 11 is 1.40. The minimum atomic E-state index is -0.0906. The summed E-state index contributed by atoms with van der Waals surface area (Å²) in [6.45, 7) is 8.02. The lowest BCUT2D eigenvalue weighted by Crippen LogP contribution is -2.42. The third-order valence-electron chi connectivity index (χ3n) is 4.26. The summed E-state index contributed by atoms with van der Waals surface area (Å²) in [6.07, 6.45) is 2.08. The SMILES string of the molecule is CC1(C)CCCN1C(=O)c1sc(N2CCOCC2)nc1N. The van der Waals surface area contributed by atoms with Crippen molar-refractivity contribution >= 4 is 28.2 Å². The number of ether oxygens (including phenoxy) is 1. The highest BCUT2D eigenvalue weighted by Gasteiger charge is 2.37. The van der Waals surface area contributed by atoms with Crippen LogP contribution >= 0.6 is 11.3 Å². The monoisotopic (exact) mass is 310 g/mol. The van der Waals surface area contributed by atoms with Gasteiger partial charge < -0.3 is 20.3 Å². The summed E-state index contributed by atoms with van der Waals surface area (Å²) in [6, 6.07) is 0. The summed E-state index contributed by atoms with van der Waals surface area (Å²) in [5.41, 5.74) is 5.91. The zero-order valence-electron chi connectivity index (χ0n) is 12.6. The van der Waals surface area contributed by atoms with E-state index in [2.05, 4.69) is 23.7 Å². The number of likely N-dealkylation sites (tertiary alicyclic amines) is 1. The molecule has 2 fully saturated rings. The van der Waals surface area contributed by atoms with Crippen LogP contribution < -0.4 is 10.6 Å². The van der Waals surface area contributed by atoms with Crippen molar-refractivity contribution in [3.63, 3.8) is 0 Å². The van der Waals surface area contributed by atoms with Crippen LogP contribution in [-0.4, -0.2) is 54.2 Å². The van der Waals surface area contributed by atoms with E-state index in [1.807, 2.05) is 4.90 Å². The van der Waals surface area contributed by atoms with Gasteiger partial charge in [-0.05, 0) is 26.7 Å². The fourth-order valence-corrected chi connectivity index (χ4v) is 3.96. The van der Waals surface area contributed by atoms with Crippen LogP contribution in [0.2, 0.25) is 0 Å². The topological polar surface area (TPSA) is 71.7 Å². The molecule has 2 saturated heterocycles. The van der Waals surface area contributed by atoms with Crippen molar-refractivity contribution in [1.82, 2.24) is 9.88 Å². The first kappa shape index (κ1) is 14.6. The number of amides is 1. The minimum Gasteiger partial charge on any atom is -0.382 e. The first-order valence-electron chi connectivity index (χ1n) is 7.40. The number of rotatable bonds is 2. The molecule has 2 aliphatic rings. The first-order chi connectivity index (χ1) is 9.99. The number of nitrogen functional groups attached to an aromatic ring is 1. The second-order valence-corrected chi connectivity index (χ2v) is 7.16. The van der Waals surface area contributed by atoms with Crippen molar-refractivity contribution < 1.29 is 9.53 Å². The van der Waals surface area contributed by atoms with E-state index in [1.54, 1.807) is 0 Å². The van der Waals surface area contributed by atoms with Crippen LogP contribution in [0.25, 0.3) is 0 Å². The van der Waals surface area contributed by atoms with Crippen molar-refractivity contribution in [2.24, 2.45) is 0 Å². The van der Waals surface area contributed by atoms with Crippen LogP contribution in [0.5, 0.6) is 0 Å². The van der Waals surface area contributed by atoms with Crippen LogP contribution in [0.3, 0.4) is 0 Å². The molecule has 116 valence electrons. The number of thiazole rings is 1. The second-order valence-electron chi connectivity index (χ2n) is 6.18. The molecule has 0 unspecified atom stereocenters. The Labute approximate surface area is 128 Å². The van der Waals surface area contributed by atoms with E-state index < -0.39 is 0 Å². The maximum absolute atomic E-state index is 12.8. The molecule has 6 nitrogen and oxygen atoms in total. The van der Waals surface area contributed by atoms with Gasteiger partial charge in [0.2, 0.25) is 0 Å². The Bertz CT molecular complexity index is 537. The lowest BCUT2D eigenvalue weighted by molar-refractivity contribution is 0.0658. The molecule has 3 rings (SSSR count). The molecule has 7 heteroatoms. The number of carbonyl (C=O) groups is 1. The molecular formula is C14H22N4O2S. The highest BCUT2D eigenvalue weighted by molar-refractivity contribution is 7.18. The molecule has 0 saturated carbocycles. The molecular weight excluding hydrogens is 288 g/mol. The molecule has 1 aromatic rings. The molecule has 0 spiro atoms. The van der Waals surface area contributed by atoms with Crippen molar-refractivity contribution in [2.45, 2.75) is 32.2 Å². The van der Waals surface area contributed by atoms with Crippen molar-refractivity contribution in [2.75, 3.05) is 43.5 Å². The normalized spacial score (nSPS) is 21.8. The van der Waals surface area contributed by atoms with E-state index in [9.17, 15) is 4.79 Å². The molecule has 0 radical (unpaired) electrons. The smallest absolute Gasteiger partial charge is 0.268 e. The average Bonchev–Trinajstić information content (AvgIpc) is 3.02. The Hall–Kier alpha value is -1.34. The van der Waals surface area contributed by atoms with Gasteiger partial charge in [-0.2, -0.15) is 0 Å². The van der Waals surface area contributed by atoms with Crippen LogP contribution in [0.1, 0.15) is 36.4 Å². The molecule has 0 bridgehead atoms. The quantitative estimate of drug-likeness (QED) is 0.898. The van der Waals surface area contributed by atoms with Crippen molar-refractivity contribution in [3.05, 3.63) is 4.88 Å². The zero-order valence-corrected chi connectivity index (χ0v) is 13.4. The van der Waals surface area contributed by atoms with E-state index in [4.69, 9.17) is 10.5 Å². The van der Waals surface area contributed by atoms with Gasteiger partial charge in [0.1, 0.15) is 10.7 Å². The van der Waals surface area contributed by atoms with E-state index in [0.29, 0.717) is 23.9 Å². The molecule has 1 aromatic heterocycles. The Balaban J connectivity index is 1.82. The van der Waals surface area contributed by atoms with Crippen LogP contribution in [0.4, 0.5) is 10.9 Å². The second kappa shape index (κ2) is 5.46. The summed E-state index contributed by atoms with van der Waals surface area (Å²) < 4.78 is 5.34. The van der Waals surface area contributed by atoms with E-state index in [0.717, 1.165) is 37.6 Å². The predicted molar refractivity (Wildman–Crippen MR) is 83.9 cm³/mol. The largest absolute Gasteiger partial charge is 0.382 e. The molecule has 3 heterocycles. The summed E-state index contributed by atoms with van der Waals surface area (Å²) in [4.78, 5) is 21.8. The third-order valence-corrected chi connectivity index (χ3v) is 5.38. The molecule has 21 heavy (non-hydrogen) atoms. The summed E-state index contributed by atoms with van der Waals surface area (Å²) in [7, 11) is 0. The maximum atomic E-state index is 12.8. The van der Waals surface area contributed by atoms with Crippen molar-refractivity contribution in [1.29, 1.82) is 0 Å². The molecule has 2 N–H and O–H groups in total. The van der Waals surface area contributed by atoms with E-state index in [-0.39, 0.29) is 11.4 Å². The maximum Gasteiger partial charge on any atom is 0.268 e.